The summed E-state index contributed by atoms with van der Waals surface area (Å²) in [7, 11) is 0. The number of aromatic nitrogens is 1. The zero-order valence-electron chi connectivity index (χ0n) is 14.7. The molecule has 1 aliphatic carbocycles. The minimum atomic E-state index is 0.389. The molecule has 1 saturated carbocycles. The van der Waals surface area contributed by atoms with Crippen LogP contribution in [0.2, 0.25) is 0 Å². The molecule has 2 aliphatic rings. The van der Waals surface area contributed by atoms with Crippen LogP contribution in [0.3, 0.4) is 0 Å². The molecule has 3 rings (SSSR count). The largest absolute Gasteiger partial charge is 0.324 e. The van der Waals surface area contributed by atoms with Crippen molar-refractivity contribution in [2.24, 2.45) is 9.98 Å². The highest BCUT2D eigenvalue weighted by atomic mass is 32.2. The number of piperidine rings is 1. The zero-order valence-corrected chi connectivity index (χ0v) is 15.5. The third kappa shape index (κ3) is 3.83. The lowest BCUT2D eigenvalue weighted by Gasteiger charge is -2.28. The predicted molar refractivity (Wildman–Crippen MR) is 104 cm³/mol. The number of hydrogen-bond donors (Lipinski definition) is 0. The molecule has 0 spiro atoms. The van der Waals surface area contributed by atoms with Crippen LogP contribution < -0.4 is 16.1 Å². The van der Waals surface area contributed by atoms with Crippen molar-refractivity contribution in [1.82, 2.24) is 8.87 Å². The van der Waals surface area contributed by atoms with Gasteiger partial charge in [-0.2, -0.15) is 0 Å². The van der Waals surface area contributed by atoms with Gasteiger partial charge in [0.1, 0.15) is 5.49 Å². The summed E-state index contributed by atoms with van der Waals surface area (Å²) in [5, 5.41) is 2.13. The van der Waals surface area contributed by atoms with E-state index in [9.17, 15) is 0 Å². The Kier molecular flexibility index (Phi) is 5.95. The smallest absolute Gasteiger partial charge is 0.137 e. The van der Waals surface area contributed by atoms with Gasteiger partial charge in [-0.15, -0.1) is 0 Å². The quantitative estimate of drug-likeness (QED) is 0.619. The third-order valence-corrected chi connectivity index (χ3v) is 6.04. The molecule has 0 radical (unpaired) electrons. The van der Waals surface area contributed by atoms with Crippen LogP contribution in [0.15, 0.2) is 22.1 Å². The molecule has 1 aromatic rings. The molecule has 0 bridgehead atoms. The summed E-state index contributed by atoms with van der Waals surface area (Å²) in [5.74, 6) is 0. The van der Waals surface area contributed by atoms with Gasteiger partial charge in [0.05, 0.1) is 6.04 Å². The molecule has 0 atom stereocenters. The van der Waals surface area contributed by atoms with Gasteiger partial charge in [0.2, 0.25) is 0 Å². The minimum Gasteiger partial charge on any atom is -0.324 e. The summed E-state index contributed by atoms with van der Waals surface area (Å²) in [6.45, 7) is 10.1. The molecule has 1 saturated heterocycles. The van der Waals surface area contributed by atoms with E-state index in [1.807, 2.05) is 18.1 Å². The van der Waals surface area contributed by atoms with Crippen molar-refractivity contribution in [3.8, 4) is 0 Å². The molecule has 1 aromatic heterocycles. The molecule has 130 valence electrons. The Labute approximate surface area is 148 Å². The maximum Gasteiger partial charge on any atom is 0.137 e. The second-order valence-corrected chi connectivity index (χ2v) is 7.58. The zero-order chi connectivity index (χ0) is 16.9. The summed E-state index contributed by atoms with van der Waals surface area (Å²) >= 11 is 1.84. The van der Waals surface area contributed by atoms with Gasteiger partial charge >= 0.3 is 0 Å². The number of rotatable bonds is 4. The van der Waals surface area contributed by atoms with E-state index in [4.69, 9.17) is 4.99 Å². The number of pyridine rings is 1. The van der Waals surface area contributed by atoms with Gasteiger partial charge < -0.3 is 4.57 Å². The number of aliphatic imine (C=N–C) groups is 1. The highest BCUT2D eigenvalue weighted by Crippen LogP contribution is 2.27. The number of hydrogen-bond acceptors (Lipinski definition) is 4. The molecule has 1 aliphatic heterocycles. The molecule has 2 fully saturated rings. The molecular formula is C19H28N4S. The minimum absolute atomic E-state index is 0.389. The lowest BCUT2D eigenvalue weighted by Crippen LogP contribution is -2.46. The van der Waals surface area contributed by atoms with E-state index in [1.165, 1.54) is 25.7 Å². The molecule has 0 amide bonds. The van der Waals surface area contributed by atoms with Gasteiger partial charge in [0.15, 0.2) is 0 Å². The Bertz CT molecular complexity index is 738. The third-order valence-electron chi connectivity index (χ3n) is 5.16. The van der Waals surface area contributed by atoms with E-state index in [0.717, 1.165) is 42.0 Å². The van der Waals surface area contributed by atoms with Gasteiger partial charge in [-0.1, -0.05) is 31.4 Å². The summed E-state index contributed by atoms with van der Waals surface area (Å²) < 4.78 is 4.79. The van der Waals surface area contributed by atoms with E-state index in [0.29, 0.717) is 12.1 Å². The Hall–Kier alpha value is -1.33. The first-order chi connectivity index (χ1) is 11.7. The van der Waals surface area contributed by atoms with Crippen molar-refractivity contribution in [2.75, 3.05) is 19.3 Å². The molecule has 0 unspecified atom stereocenters. The molecule has 4 nitrogen and oxygen atoms in total. The Morgan fingerprint density at radius 1 is 1.17 bits per heavy atom. The summed E-state index contributed by atoms with van der Waals surface area (Å²) in [6, 6.07) is 5.09. The van der Waals surface area contributed by atoms with Crippen molar-refractivity contribution in [3.05, 3.63) is 28.2 Å². The van der Waals surface area contributed by atoms with Crippen molar-refractivity contribution in [3.63, 3.8) is 0 Å². The normalized spacial score (nSPS) is 22.4. The first kappa shape index (κ1) is 17.5. The van der Waals surface area contributed by atoms with Crippen LogP contribution in [0.4, 0.5) is 0 Å². The molecule has 2 heterocycles. The fraction of sp³-hybridized carbons (Fsp3) is 0.579. The van der Waals surface area contributed by atoms with Crippen LogP contribution in [-0.2, 0) is 0 Å². The lowest BCUT2D eigenvalue weighted by atomic mass is 10.1. The molecule has 24 heavy (non-hydrogen) atoms. The maximum atomic E-state index is 5.18. The van der Waals surface area contributed by atoms with Crippen LogP contribution in [0.25, 0.3) is 12.8 Å². The summed E-state index contributed by atoms with van der Waals surface area (Å²) in [6.07, 6.45) is 11.3. The maximum absolute atomic E-state index is 5.18. The van der Waals surface area contributed by atoms with E-state index in [1.54, 1.807) is 0 Å². The SMILES string of the molecule is C=N/C=c1/ccc(=C)n(C2CCCC2)/c1=N/C1CCN(SC)CC1. The van der Waals surface area contributed by atoms with E-state index in [-0.39, 0.29) is 0 Å². The molecular weight excluding hydrogens is 316 g/mol. The van der Waals surface area contributed by atoms with Gasteiger partial charge in [0.25, 0.3) is 0 Å². The molecule has 5 heteroatoms. The fourth-order valence-electron chi connectivity index (χ4n) is 3.85. The van der Waals surface area contributed by atoms with Crippen molar-refractivity contribution < 1.29 is 0 Å². The second-order valence-electron chi connectivity index (χ2n) is 6.70. The van der Waals surface area contributed by atoms with E-state index in [2.05, 4.69) is 45.5 Å². The van der Waals surface area contributed by atoms with Gasteiger partial charge in [-0.3, -0.25) is 14.3 Å². The first-order valence-corrected chi connectivity index (χ1v) is 10.1. The van der Waals surface area contributed by atoms with Crippen molar-refractivity contribution >= 4 is 31.4 Å². The highest BCUT2D eigenvalue weighted by Gasteiger charge is 2.20. The second kappa shape index (κ2) is 8.17. The highest BCUT2D eigenvalue weighted by molar-refractivity contribution is 7.96. The van der Waals surface area contributed by atoms with Crippen LogP contribution in [-0.4, -0.2) is 41.0 Å². The van der Waals surface area contributed by atoms with E-state index < -0.39 is 0 Å². The topological polar surface area (TPSA) is 32.9 Å². The van der Waals surface area contributed by atoms with Crippen molar-refractivity contribution in [2.45, 2.75) is 50.6 Å². The predicted octanol–water partition coefficient (Wildman–Crippen LogP) is 2.10. The summed E-state index contributed by atoms with van der Waals surface area (Å²) in [4.78, 5) is 9.18. The van der Waals surface area contributed by atoms with Gasteiger partial charge in [-0.25, -0.2) is 0 Å². The number of nitrogens with zero attached hydrogens (tertiary/aromatic N) is 4. The summed E-state index contributed by atoms with van der Waals surface area (Å²) in [5.41, 5.74) is 1.06. The lowest BCUT2D eigenvalue weighted by molar-refractivity contribution is 0.341. The monoisotopic (exact) mass is 344 g/mol. The Morgan fingerprint density at radius 3 is 2.50 bits per heavy atom. The van der Waals surface area contributed by atoms with Crippen LogP contribution in [0.5, 0.6) is 0 Å². The van der Waals surface area contributed by atoms with Gasteiger partial charge in [0, 0.05) is 35.9 Å². The fourth-order valence-corrected chi connectivity index (χ4v) is 4.42. The van der Waals surface area contributed by atoms with Crippen LogP contribution >= 0.6 is 11.9 Å². The average molecular weight is 345 g/mol. The Balaban J connectivity index is 2.05. The first-order valence-electron chi connectivity index (χ1n) is 8.92. The molecule has 0 N–H and O–H groups in total. The van der Waals surface area contributed by atoms with Crippen molar-refractivity contribution in [1.29, 1.82) is 0 Å². The molecule has 0 aromatic carbocycles. The van der Waals surface area contributed by atoms with Crippen LogP contribution in [0.1, 0.15) is 44.6 Å². The van der Waals surface area contributed by atoms with E-state index >= 15 is 0 Å². The van der Waals surface area contributed by atoms with Gasteiger partial charge in [-0.05, 0) is 50.8 Å². The standard InChI is InChI=1S/C19H28N4S/c1-15-8-9-16(14-20-2)19(23(15)18-6-4-5-7-18)21-17-10-12-22(24-3)13-11-17/h8-9,14,17-18H,1-2,4-7,10-13H2,3H3/b16-14-,21-19+. The van der Waals surface area contributed by atoms with Crippen LogP contribution in [0, 0.1) is 0 Å². The Morgan fingerprint density at radius 2 is 1.88 bits per heavy atom. The average Bonchev–Trinajstić information content (AvgIpc) is 3.12.